The minimum absolute atomic E-state index is 0.0343. The van der Waals surface area contributed by atoms with Crippen LogP contribution in [0.4, 0.5) is 14.5 Å². The van der Waals surface area contributed by atoms with Crippen LogP contribution in [0.5, 0.6) is 0 Å². The Balaban J connectivity index is 1.59. The third-order valence-corrected chi connectivity index (χ3v) is 4.70. The molecule has 1 aliphatic heterocycles. The van der Waals surface area contributed by atoms with Gasteiger partial charge in [0.15, 0.2) is 0 Å². The van der Waals surface area contributed by atoms with Crippen LogP contribution in [-0.2, 0) is 14.4 Å². The molecule has 1 saturated heterocycles. The van der Waals surface area contributed by atoms with Crippen LogP contribution in [0.25, 0.3) is 0 Å². The number of benzene rings is 1. The van der Waals surface area contributed by atoms with E-state index in [4.69, 9.17) is 0 Å². The van der Waals surface area contributed by atoms with Gasteiger partial charge in [-0.15, -0.1) is 0 Å². The second kappa shape index (κ2) is 6.67. The number of likely N-dealkylation sites (tertiary alicyclic amines) is 1. The number of nitrogens with one attached hydrogen (secondary N) is 1. The van der Waals surface area contributed by atoms with Gasteiger partial charge in [0.2, 0.25) is 17.7 Å². The lowest BCUT2D eigenvalue weighted by molar-refractivity contribution is -0.140. The van der Waals surface area contributed by atoms with Crippen LogP contribution in [0, 0.1) is 23.5 Å². The number of imide groups is 1. The van der Waals surface area contributed by atoms with Crippen LogP contribution >= 0.6 is 0 Å². The molecule has 2 aliphatic rings. The molecule has 1 aromatic rings. The minimum atomic E-state index is -0.746. The van der Waals surface area contributed by atoms with Gasteiger partial charge in [0, 0.05) is 19.0 Å². The van der Waals surface area contributed by atoms with Crippen molar-refractivity contribution in [2.24, 2.45) is 11.8 Å². The van der Waals surface area contributed by atoms with Crippen molar-refractivity contribution in [3.63, 3.8) is 0 Å². The van der Waals surface area contributed by atoms with E-state index in [9.17, 15) is 23.2 Å². The Morgan fingerprint density at radius 1 is 1.12 bits per heavy atom. The van der Waals surface area contributed by atoms with Crippen LogP contribution in [0.1, 0.15) is 32.1 Å². The smallest absolute Gasteiger partial charge is 0.233 e. The first-order valence-corrected chi connectivity index (χ1v) is 8.07. The molecule has 0 radical (unpaired) electrons. The maximum absolute atomic E-state index is 13.5. The topological polar surface area (TPSA) is 66.5 Å². The Labute approximate surface area is 138 Å². The minimum Gasteiger partial charge on any atom is -0.323 e. The van der Waals surface area contributed by atoms with Crippen molar-refractivity contribution in [2.75, 3.05) is 11.9 Å². The molecule has 3 rings (SSSR count). The average molecular weight is 336 g/mol. The third-order valence-electron chi connectivity index (χ3n) is 4.70. The van der Waals surface area contributed by atoms with Crippen molar-refractivity contribution in [3.8, 4) is 0 Å². The van der Waals surface area contributed by atoms with E-state index in [1.165, 1.54) is 0 Å². The quantitative estimate of drug-likeness (QED) is 0.859. The van der Waals surface area contributed by atoms with Gasteiger partial charge in [-0.3, -0.25) is 19.3 Å². The van der Waals surface area contributed by atoms with E-state index in [2.05, 4.69) is 5.32 Å². The van der Waals surface area contributed by atoms with Crippen molar-refractivity contribution in [1.29, 1.82) is 0 Å². The predicted molar refractivity (Wildman–Crippen MR) is 81.8 cm³/mol. The molecule has 0 spiro atoms. The second-order valence-electron chi connectivity index (χ2n) is 6.25. The Hall–Kier alpha value is -2.31. The number of rotatable bonds is 4. The van der Waals surface area contributed by atoms with E-state index in [-0.39, 0.29) is 42.3 Å². The Morgan fingerprint density at radius 2 is 1.75 bits per heavy atom. The highest BCUT2D eigenvalue weighted by Gasteiger charge is 2.47. The van der Waals surface area contributed by atoms with Crippen LogP contribution in [0.3, 0.4) is 0 Å². The fourth-order valence-corrected chi connectivity index (χ4v) is 3.47. The highest BCUT2D eigenvalue weighted by Crippen LogP contribution is 2.37. The number of carbonyl (C=O) groups excluding carboxylic acids is 3. The molecule has 7 heteroatoms. The monoisotopic (exact) mass is 336 g/mol. The van der Waals surface area contributed by atoms with Gasteiger partial charge in [-0.2, -0.15) is 0 Å². The molecule has 0 unspecified atom stereocenters. The molecule has 1 aromatic carbocycles. The summed E-state index contributed by atoms with van der Waals surface area (Å²) in [6.07, 6.45) is 3.16. The highest BCUT2D eigenvalue weighted by atomic mass is 19.1. The molecule has 0 aromatic heterocycles. The van der Waals surface area contributed by atoms with Gasteiger partial charge in [-0.1, -0.05) is 12.8 Å². The molecule has 24 heavy (non-hydrogen) atoms. The molecule has 2 atom stereocenters. The fourth-order valence-electron chi connectivity index (χ4n) is 3.47. The van der Waals surface area contributed by atoms with Crippen molar-refractivity contribution in [2.45, 2.75) is 32.1 Å². The second-order valence-corrected chi connectivity index (χ2v) is 6.25. The summed E-state index contributed by atoms with van der Waals surface area (Å²) in [5.41, 5.74) is -0.257. The zero-order valence-electron chi connectivity index (χ0n) is 13.1. The normalized spacial score (nSPS) is 23.3. The Morgan fingerprint density at radius 3 is 2.38 bits per heavy atom. The number of carbonyl (C=O) groups is 3. The molecular weight excluding hydrogens is 318 g/mol. The van der Waals surface area contributed by atoms with Crippen LogP contribution < -0.4 is 5.32 Å². The number of hydrogen-bond donors (Lipinski definition) is 1. The SMILES string of the molecule is O=C(CCN1C(=O)[C@H]2CCCC[C@@H]2C1=O)Nc1cc(F)ccc1F. The van der Waals surface area contributed by atoms with E-state index in [1.807, 2.05) is 0 Å². The lowest BCUT2D eigenvalue weighted by Crippen LogP contribution is -2.34. The van der Waals surface area contributed by atoms with Crippen LogP contribution in [-0.4, -0.2) is 29.2 Å². The number of amides is 3. The number of nitrogens with zero attached hydrogens (tertiary/aromatic N) is 1. The molecule has 1 aliphatic carbocycles. The number of halogens is 2. The maximum atomic E-state index is 13.5. The first-order chi connectivity index (χ1) is 11.5. The van der Waals surface area contributed by atoms with Gasteiger partial charge in [-0.05, 0) is 25.0 Å². The van der Waals surface area contributed by atoms with E-state index in [0.29, 0.717) is 12.8 Å². The van der Waals surface area contributed by atoms with Gasteiger partial charge in [-0.25, -0.2) is 8.78 Å². The number of fused-ring (bicyclic) bond motifs is 1. The number of anilines is 1. The van der Waals surface area contributed by atoms with Gasteiger partial charge in [0.05, 0.1) is 17.5 Å². The number of hydrogen-bond acceptors (Lipinski definition) is 3. The molecule has 3 amide bonds. The molecule has 2 fully saturated rings. The molecular formula is C17H18F2N2O3. The molecule has 1 saturated carbocycles. The van der Waals surface area contributed by atoms with Crippen LogP contribution in [0.2, 0.25) is 0 Å². The Bertz CT molecular complexity index is 668. The largest absolute Gasteiger partial charge is 0.323 e. The molecule has 128 valence electrons. The van der Waals surface area contributed by atoms with E-state index < -0.39 is 17.5 Å². The van der Waals surface area contributed by atoms with E-state index >= 15 is 0 Å². The standard InChI is InChI=1S/C17H18F2N2O3/c18-10-5-6-13(19)14(9-10)20-15(22)7-8-21-16(23)11-3-1-2-4-12(11)17(21)24/h5-6,9,11-12H,1-4,7-8H2,(H,20,22)/t11-,12-/m0/s1. The van der Waals surface area contributed by atoms with E-state index in [1.54, 1.807) is 0 Å². The molecule has 5 nitrogen and oxygen atoms in total. The van der Waals surface area contributed by atoms with Crippen molar-refractivity contribution in [3.05, 3.63) is 29.8 Å². The van der Waals surface area contributed by atoms with Crippen molar-refractivity contribution >= 4 is 23.4 Å². The first kappa shape index (κ1) is 16.5. The summed E-state index contributed by atoms with van der Waals surface area (Å²) < 4.78 is 26.6. The van der Waals surface area contributed by atoms with E-state index in [0.717, 1.165) is 35.9 Å². The molecule has 0 bridgehead atoms. The molecule has 1 heterocycles. The van der Waals surface area contributed by atoms with Crippen molar-refractivity contribution < 1.29 is 23.2 Å². The maximum Gasteiger partial charge on any atom is 0.233 e. The third kappa shape index (κ3) is 3.16. The summed E-state index contributed by atoms with van der Waals surface area (Å²) in [7, 11) is 0. The first-order valence-electron chi connectivity index (χ1n) is 8.07. The van der Waals surface area contributed by atoms with Gasteiger partial charge in [0.25, 0.3) is 0 Å². The predicted octanol–water partition coefficient (Wildman–Crippen LogP) is 2.47. The Kier molecular flexibility index (Phi) is 4.59. The lowest BCUT2D eigenvalue weighted by atomic mass is 9.81. The summed E-state index contributed by atoms with van der Waals surface area (Å²) in [6.45, 7) is -0.0343. The van der Waals surface area contributed by atoms with Gasteiger partial charge in [0.1, 0.15) is 11.6 Å². The van der Waals surface area contributed by atoms with Gasteiger partial charge < -0.3 is 5.32 Å². The molecule has 1 N–H and O–H groups in total. The zero-order valence-corrected chi connectivity index (χ0v) is 13.1. The average Bonchev–Trinajstić information content (AvgIpc) is 2.81. The summed E-state index contributed by atoms with van der Waals surface area (Å²) in [6, 6.07) is 2.76. The summed E-state index contributed by atoms with van der Waals surface area (Å²) in [4.78, 5) is 37.6. The fraction of sp³-hybridized carbons (Fsp3) is 0.471. The van der Waals surface area contributed by atoms with Crippen LogP contribution in [0.15, 0.2) is 18.2 Å². The summed E-state index contributed by atoms with van der Waals surface area (Å²) >= 11 is 0. The highest BCUT2D eigenvalue weighted by molar-refractivity contribution is 6.05. The zero-order chi connectivity index (χ0) is 17.3. The summed E-state index contributed by atoms with van der Waals surface area (Å²) in [5, 5.41) is 2.26. The lowest BCUT2D eigenvalue weighted by Gasteiger charge is -2.19. The van der Waals surface area contributed by atoms with Gasteiger partial charge >= 0.3 is 0 Å². The summed E-state index contributed by atoms with van der Waals surface area (Å²) in [5.74, 6) is -2.92. The van der Waals surface area contributed by atoms with Crippen molar-refractivity contribution in [1.82, 2.24) is 4.90 Å².